The molecule has 0 amide bonds. The van der Waals surface area contributed by atoms with Gasteiger partial charge in [-0.2, -0.15) is 0 Å². The summed E-state index contributed by atoms with van der Waals surface area (Å²) in [5.41, 5.74) is 9.59. The SMILES string of the molecule is CCCC(=O)CC(O)(CN)C(c1ccc([N+](=O)[O-])cc1)[C@H](N)C(=O)O. The average molecular weight is 353 g/mol. The van der Waals surface area contributed by atoms with E-state index in [1.165, 1.54) is 24.3 Å². The van der Waals surface area contributed by atoms with Crippen molar-refractivity contribution in [1.82, 2.24) is 0 Å². The van der Waals surface area contributed by atoms with Crippen molar-refractivity contribution < 1.29 is 24.7 Å². The van der Waals surface area contributed by atoms with Crippen molar-refractivity contribution >= 4 is 17.4 Å². The molecule has 0 aliphatic heterocycles. The van der Waals surface area contributed by atoms with E-state index in [1.54, 1.807) is 6.92 Å². The van der Waals surface area contributed by atoms with Crippen LogP contribution >= 0.6 is 0 Å². The summed E-state index contributed by atoms with van der Waals surface area (Å²) >= 11 is 0. The topological polar surface area (TPSA) is 170 Å². The molecule has 0 radical (unpaired) electrons. The first-order valence-corrected chi connectivity index (χ1v) is 7.83. The number of rotatable bonds is 10. The Labute approximate surface area is 144 Å². The van der Waals surface area contributed by atoms with Crippen LogP contribution in [0.5, 0.6) is 0 Å². The van der Waals surface area contributed by atoms with E-state index in [2.05, 4.69) is 0 Å². The van der Waals surface area contributed by atoms with Gasteiger partial charge in [0.15, 0.2) is 0 Å². The number of hydrogen-bond acceptors (Lipinski definition) is 7. The molecule has 0 fully saturated rings. The van der Waals surface area contributed by atoms with Crippen molar-refractivity contribution in [3.63, 3.8) is 0 Å². The van der Waals surface area contributed by atoms with Crippen molar-refractivity contribution in [3.05, 3.63) is 39.9 Å². The van der Waals surface area contributed by atoms with Crippen molar-refractivity contribution in [2.75, 3.05) is 6.54 Å². The molecule has 1 aromatic rings. The van der Waals surface area contributed by atoms with Gasteiger partial charge in [0.25, 0.3) is 5.69 Å². The lowest BCUT2D eigenvalue weighted by atomic mass is 9.74. The highest BCUT2D eigenvalue weighted by atomic mass is 16.6. The fourth-order valence-electron chi connectivity index (χ4n) is 2.82. The predicted molar refractivity (Wildman–Crippen MR) is 90.0 cm³/mol. The second-order valence-electron chi connectivity index (χ2n) is 5.96. The van der Waals surface area contributed by atoms with Gasteiger partial charge in [0.1, 0.15) is 11.8 Å². The van der Waals surface area contributed by atoms with Crippen LogP contribution in [0.25, 0.3) is 0 Å². The van der Waals surface area contributed by atoms with Gasteiger partial charge >= 0.3 is 5.97 Å². The van der Waals surface area contributed by atoms with Gasteiger partial charge < -0.3 is 21.7 Å². The lowest BCUT2D eigenvalue weighted by Gasteiger charge is -2.37. The molecule has 25 heavy (non-hydrogen) atoms. The van der Waals surface area contributed by atoms with Gasteiger partial charge in [-0.3, -0.25) is 19.7 Å². The number of non-ortho nitro benzene ring substituents is 1. The van der Waals surface area contributed by atoms with E-state index in [4.69, 9.17) is 11.5 Å². The molecule has 0 saturated heterocycles. The molecule has 1 aromatic carbocycles. The Morgan fingerprint density at radius 1 is 1.32 bits per heavy atom. The molecule has 0 spiro atoms. The summed E-state index contributed by atoms with van der Waals surface area (Å²) in [4.78, 5) is 33.6. The minimum absolute atomic E-state index is 0.190. The molecule has 0 saturated carbocycles. The number of hydrogen-bond donors (Lipinski definition) is 4. The molecular formula is C16H23N3O6. The summed E-state index contributed by atoms with van der Waals surface area (Å²) in [5, 5.41) is 31.0. The maximum Gasteiger partial charge on any atom is 0.321 e. The van der Waals surface area contributed by atoms with Crippen LogP contribution < -0.4 is 11.5 Å². The zero-order valence-electron chi connectivity index (χ0n) is 13.9. The highest BCUT2D eigenvalue weighted by Gasteiger charge is 2.44. The smallest absolute Gasteiger partial charge is 0.321 e. The summed E-state index contributed by atoms with van der Waals surface area (Å²) in [6.45, 7) is 1.42. The summed E-state index contributed by atoms with van der Waals surface area (Å²) in [7, 11) is 0. The highest BCUT2D eigenvalue weighted by Crippen LogP contribution is 2.34. The number of nitro groups is 1. The van der Waals surface area contributed by atoms with Crippen molar-refractivity contribution in [3.8, 4) is 0 Å². The summed E-state index contributed by atoms with van der Waals surface area (Å²) in [6, 6.07) is 3.46. The van der Waals surface area contributed by atoms with E-state index in [9.17, 15) is 29.9 Å². The number of ketones is 1. The number of aliphatic carboxylic acids is 1. The maximum absolute atomic E-state index is 12.0. The monoisotopic (exact) mass is 353 g/mol. The summed E-state index contributed by atoms with van der Waals surface area (Å²) in [6.07, 6.45) is 0.449. The number of Topliss-reactive ketones (excluding diaryl/α,β-unsaturated/α-hetero) is 1. The molecule has 138 valence electrons. The van der Waals surface area contributed by atoms with E-state index in [-0.39, 0.29) is 36.4 Å². The molecule has 0 heterocycles. The largest absolute Gasteiger partial charge is 0.480 e. The normalized spacial score (nSPS) is 15.8. The fraction of sp³-hybridized carbons (Fsp3) is 0.500. The minimum Gasteiger partial charge on any atom is -0.480 e. The number of carbonyl (C=O) groups is 2. The van der Waals surface area contributed by atoms with Crippen molar-refractivity contribution in [2.24, 2.45) is 11.5 Å². The van der Waals surface area contributed by atoms with Crippen molar-refractivity contribution in [1.29, 1.82) is 0 Å². The number of nitrogens with zero attached hydrogens (tertiary/aromatic N) is 1. The van der Waals surface area contributed by atoms with Crippen LogP contribution in [0.15, 0.2) is 24.3 Å². The third-order valence-corrected chi connectivity index (χ3v) is 4.07. The Morgan fingerprint density at radius 3 is 2.28 bits per heavy atom. The molecule has 0 aliphatic carbocycles. The van der Waals surface area contributed by atoms with Gasteiger partial charge in [-0.25, -0.2) is 0 Å². The van der Waals surface area contributed by atoms with Crippen LogP contribution in [0, 0.1) is 10.1 Å². The number of nitrogens with two attached hydrogens (primary N) is 2. The van der Waals surface area contributed by atoms with Gasteiger partial charge in [0.2, 0.25) is 0 Å². The van der Waals surface area contributed by atoms with E-state index >= 15 is 0 Å². The third kappa shape index (κ3) is 5.05. The minimum atomic E-state index is -1.87. The van der Waals surface area contributed by atoms with Crippen molar-refractivity contribution in [2.45, 2.75) is 43.7 Å². The fourth-order valence-corrected chi connectivity index (χ4v) is 2.82. The number of carboxylic acids is 1. The number of aliphatic hydroxyl groups is 1. The molecule has 0 aliphatic rings. The van der Waals surface area contributed by atoms with Gasteiger partial charge in [-0.1, -0.05) is 19.1 Å². The van der Waals surface area contributed by atoms with E-state index in [0.717, 1.165) is 0 Å². The average Bonchev–Trinajstić information content (AvgIpc) is 2.55. The standard InChI is InChI=1S/C16H23N3O6/c1-2-3-12(20)8-16(23,9-17)13(14(18)15(21)22)10-4-6-11(7-5-10)19(24)25/h4-7,13-14,23H,2-3,8-9,17-18H2,1H3,(H,21,22)/t13?,14-,16?/m0/s1. The Hall–Kier alpha value is -2.36. The molecule has 1 rings (SSSR count). The first kappa shape index (κ1) is 20.7. The Kier molecular flexibility index (Phi) is 7.16. The van der Waals surface area contributed by atoms with E-state index in [1.807, 2.05) is 0 Å². The zero-order chi connectivity index (χ0) is 19.2. The quantitative estimate of drug-likeness (QED) is 0.349. The van der Waals surface area contributed by atoms with Crippen LogP contribution in [-0.2, 0) is 9.59 Å². The first-order valence-electron chi connectivity index (χ1n) is 7.83. The van der Waals surface area contributed by atoms with Gasteiger partial charge in [-0.05, 0) is 12.0 Å². The lowest BCUT2D eigenvalue weighted by Crippen LogP contribution is -2.54. The van der Waals surface area contributed by atoms with E-state index < -0.39 is 28.5 Å². The molecule has 9 heteroatoms. The lowest BCUT2D eigenvalue weighted by molar-refractivity contribution is -0.384. The Bertz CT molecular complexity index is 633. The van der Waals surface area contributed by atoms with Crippen LogP contribution in [0.1, 0.15) is 37.7 Å². The number of nitro benzene ring substituents is 1. The third-order valence-electron chi connectivity index (χ3n) is 4.07. The highest BCUT2D eigenvalue weighted by molar-refractivity contribution is 5.80. The van der Waals surface area contributed by atoms with Gasteiger partial charge in [0, 0.05) is 37.4 Å². The van der Waals surface area contributed by atoms with Crippen LogP contribution in [0.3, 0.4) is 0 Å². The summed E-state index contributed by atoms with van der Waals surface area (Å²) < 4.78 is 0. The molecule has 2 unspecified atom stereocenters. The van der Waals surface area contributed by atoms with Crippen LogP contribution in [0.2, 0.25) is 0 Å². The molecular weight excluding hydrogens is 330 g/mol. The van der Waals surface area contributed by atoms with Gasteiger partial charge in [-0.15, -0.1) is 0 Å². The zero-order valence-corrected chi connectivity index (χ0v) is 13.9. The van der Waals surface area contributed by atoms with E-state index in [0.29, 0.717) is 6.42 Å². The van der Waals surface area contributed by atoms with Gasteiger partial charge in [0.05, 0.1) is 10.5 Å². The molecule has 6 N–H and O–H groups in total. The number of carbonyl (C=O) groups excluding carboxylic acids is 1. The maximum atomic E-state index is 12.0. The Morgan fingerprint density at radius 2 is 1.88 bits per heavy atom. The second-order valence-corrected chi connectivity index (χ2v) is 5.96. The Balaban J connectivity index is 3.32. The molecule has 0 aromatic heterocycles. The molecule has 0 bridgehead atoms. The molecule has 9 nitrogen and oxygen atoms in total. The second kappa shape index (κ2) is 8.65. The number of benzene rings is 1. The summed E-state index contributed by atoms with van der Waals surface area (Å²) in [5.74, 6) is -2.84. The van der Waals surface area contributed by atoms with Crippen LogP contribution in [0.4, 0.5) is 5.69 Å². The predicted octanol–water partition coefficient (Wildman–Crippen LogP) is 0.539. The molecule has 3 atom stereocenters. The first-order chi connectivity index (χ1) is 11.7. The number of carboxylic acid groups (broad SMARTS) is 1. The van der Waals surface area contributed by atoms with Crippen LogP contribution in [-0.4, -0.2) is 45.1 Å².